The monoisotopic (exact) mass is 373 g/mol. The molecule has 2 rings (SSSR count). The summed E-state index contributed by atoms with van der Waals surface area (Å²) in [6.45, 7) is 8.01. The van der Waals surface area contributed by atoms with Gasteiger partial charge in [-0.1, -0.05) is 39.2 Å². The fourth-order valence-electron chi connectivity index (χ4n) is 4.03. The molecule has 5 heteroatoms. The molecule has 1 aliphatic rings. The Hall–Kier alpha value is -0.580. The van der Waals surface area contributed by atoms with Crippen LogP contribution < -0.4 is 0 Å². The zero-order valence-electron chi connectivity index (χ0n) is 15.2. The molecule has 0 N–H and O–H groups in total. The van der Waals surface area contributed by atoms with Gasteiger partial charge in [-0.25, -0.2) is 0 Å². The number of likely N-dealkylation sites (N-methyl/N-ethyl adjacent to an activating group) is 1. The number of carbonyl (C=O) groups is 1. The molecule has 0 radical (unpaired) electrons. The van der Waals surface area contributed by atoms with Crippen LogP contribution in [0.5, 0.6) is 0 Å². The van der Waals surface area contributed by atoms with Gasteiger partial charge in [0.15, 0.2) is 0 Å². The summed E-state index contributed by atoms with van der Waals surface area (Å²) in [5.41, 5.74) is 0. The molecule has 0 aliphatic heterocycles. The van der Waals surface area contributed by atoms with E-state index in [2.05, 4.69) is 36.3 Å². The molecule has 2 unspecified atom stereocenters. The first-order chi connectivity index (χ1) is 11.2. The highest BCUT2D eigenvalue weighted by atomic mass is 35.5. The summed E-state index contributed by atoms with van der Waals surface area (Å²) in [5.74, 6) is 0.493. The number of esters is 1. The Kier molecular flexibility index (Phi) is 9.94. The summed E-state index contributed by atoms with van der Waals surface area (Å²) in [6.07, 6.45) is 7.32. The number of hydrogen-bond donors (Lipinski definition) is 0. The third-order valence-corrected chi connectivity index (χ3v) is 5.95. The topological polar surface area (TPSA) is 29.5 Å². The minimum atomic E-state index is -0.153. The van der Waals surface area contributed by atoms with Crippen LogP contribution in [0.15, 0.2) is 17.5 Å². The van der Waals surface area contributed by atoms with Crippen LogP contribution in [0.4, 0.5) is 0 Å². The van der Waals surface area contributed by atoms with Gasteiger partial charge < -0.3 is 4.74 Å². The first-order valence-electron chi connectivity index (χ1n) is 9.09. The van der Waals surface area contributed by atoms with Crippen molar-refractivity contribution < 1.29 is 9.53 Å². The fourth-order valence-corrected chi connectivity index (χ4v) is 4.78. The molecule has 3 nitrogen and oxygen atoms in total. The molecule has 0 saturated heterocycles. The van der Waals surface area contributed by atoms with Crippen LogP contribution in [0.25, 0.3) is 0 Å². The summed E-state index contributed by atoms with van der Waals surface area (Å²) < 4.78 is 5.85. The van der Waals surface area contributed by atoms with E-state index in [1.54, 1.807) is 18.3 Å². The lowest BCUT2D eigenvalue weighted by Crippen LogP contribution is -2.51. The molecule has 1 saturated carbocycles. The Balaban J connectivity index is 0.00000288. The van der Waals surface area contributed by atoms with E-state index in [1.807, 2.05) is 0 Å². The van der Waals surface area contributed by atoms with Crippen molar-refractivity contribution >= 4 is 29.7 Å². The van der Waals surface area contributed by atoms with Crippen LogP contribution in [-0.2, 0) is 16.0 Å². The zero-order chi connectivity index (χ0) is 16.7. The third kappa shape index (κ3) is 6.05. The highest BCUT2D eigenvalue weighted by Crippen LogP contribution is 2.33. The van der Waals surface area contributed by atoms with Gasteiger partial charge in [-0.2, -0.15) is 0 Å². The van der Waals surface area contributed by atoms with Gasteiger partial charge in [0.1, 0.15) is 6.10 Å². The summed E-state index contributed by atoms with van der Waals surface area (Å²) in [5, 5.41) is 2.10. The van der Waals surface area contributed by atoms with E-state index in [1.165, 1.54) is 37.0 Å². The predicted octanol–water partition coefficient (Wildman–Crippen LogP) is 4.93. The van der Waals surface area contributed by atoms with Gasteiger partial charge in [0.25, 0.3) is 0 Å². The molecule has 24 heavy (non-hydrogen) atoms. The highest BCUT2D eigenvalue weighted by molar-refractivity contribution is 7.09. The maximum atomic E-state index is 11.7. The average Bonchev–Trinajstić information content (AvgIpc) is 3.05. The van der Waals surface area contributed by atoms with Crippen molar-refractivity contribution in [2.24, 2.45) is 5.92 Å². The Morgan fingerprint density at radius 1 is 1.29 bits per heavy atom. The summed E-state index contributed by atoms with van der Waals surface area (Å²) in [7, 11) is 0. The first-order valence-corrected chi connectivity index (χ1v) is 9.97. The molecule has 0 bridgehead atoms. The van der Waals surface area contributed by atoms with Crippen molar-refractivity contribution in [3.8, 4) is 0 Å². The van der Waals surface area contributed by atoms with E-state index in [0.717, 1.165) is 19.5 Å². The van der Waals surface area contributed by atoms with Crippen LogP contribution in [0.1, 0.15) is 57.8 Å². The van der Waals surface area contributed by atoms with Gasteiger partial charge >= 0.3 is 5.97 Å². The van der Waals surface area contributed by atoms with Crippen molar-refractivity contribution in [2.75, 3.05) is 13.1 Å². The van der Waals surface area contributed by atoms with Crippen LogP contribution in [-0.4, -0.2) is 36.1 Å². The van der Waals surface area contributed by atoms with Crippen LogP contribution in [0.3, 0.4) is 0 Å². The number of ether oxygens (including phenoxy) is 1. The maximum absolute atomic E-state index is 11.7. The van der Waals surface area contributed by atoms with Crippen molar-refractivity contribution in [3.63, 3.8) is 0 Å². The molecule has 0 aromatic carbocycles. The standard InChI is InChI=1S/C19H31NO2S.ClH/c1-4-20(5-2)19(16-10-7-6-8-11-16)18(22-15(3)21)14-17-12-9-13-23-17;/h9,12-13,16,18-19H,4-8,10-11,14H2,1-3H3;1H. The van der Waals surface area contributed by atoms with Crippen LogP contribution in [0, 0.1) is 5.92 Å². The van der Waals surface area contributed by atoms with Crippen molar-refractivity contribution in [2.45, 2.75) is 71.4 Å². The molecular weight excluding hydrogens is 342 g/mol. The van der Waals surface area contributed by atoms with Crippen molar-refractivity contribution in [1.82, 2.24) is 4.90 Å². The number of halogens is 1. The molecule has 0 spiro atoms. The normalized spacial score (nSPS) is 18.0. The number of hydrogen-bond acceptors (Lipinski definition) is 4. The van der Waals surface area contributed by atoms with Crippen LogP contribution >= 0.6 is 23.7 Å². The van der Waals surface area contributed by atoms with E-state index in [-0.39, 0.29) is 24.5 Å². The number of rotatable bonds is 8. The second kappa shape index (κ2) is 11.1. The average molecular weight is 374 g/mol. The highest BCUT2D eigenvalue weighted by Gasteiger charge is 2.36. The molecule has 138 valence electrons. The number of nitrogens with zero attached hydrogens (tertiary/aromatic N) is 1. The molecule has 1 heterocycles. The maximum Gasteiger partial charge on any atom is 0.302 e. The summed E-state index contributed by atoms with van der Waals surface area (Å²) >= 11 is 1.76. The molecule has 1 aromatic heterocycles. The third-order valence-electron chi connectivity index (χ3n) is 5.05. The van der Waals surface area contributed by atoms with Gasteiger partial charge in [0.2, 0.25) is 0 Å². The van der Waals surface area contributed by atoms with E-state index < -0.39 is 0 Å². The molecular formula is C19H32ClNO2S. The first kappa shape index (κ1) is 21.5. The Labute approximate surface area is 157 Å². The Morgan fingerprint density at radius 3 is 2.46 bits per heavy atom. The largest absolute Gasteiger partial charge is 0.460 e. The lowest BCUT2D eigenvalue weighted by atomic mass is 9.80. The Morgan fingerprint density at radius 2 is 1.96 bits per heavy atom. The van der Waals surface area contributed by atoms with E-state index in [9.17, 15) is 4.79 Å². The van der Waals surface area contributed by atoms with Crippen LogP contribution in [0.2, 0.25) is 0 Å². The lowest BCUT2D eigenvalue weighted by Gasteiger charge is -2.42. The molecule has 1 aromatic rings. The zero-order valence-corrected chi connectivity index (χ0v) is 16.8. The van der Waals surface area contributed by atoms with Crippen molar-refractivity contribution in [1.29, 1.82) is 0 Å². The second-order valence-electron chi connectivity index (χ2n) is 6.54. The van der Waals surface area contributed by atoms with Gasteiger partial charge in [-0.15, -0.1) is 23.7 Å². The second-order valence-corrected chi connectivity index (χ2v) is 7.57. The van der Waals surface area contributed by atoms with Gasteiger partial charge in [0, 0.05) is 24.3 Å². The minimum absolute atomic E-state index is 0. The summed E-state index contributed by atoms with van der Waals surface area (Å²) in [4.78, 5) is 15.6. The minimum Gasteiger partial charge on any atom is -0.460 e. The Bertz CT molecular complexity index is 456. The van der Waals surface area contributed by atoms with Crippen molar-refractivity contribution in [3.05, 3.63) is 22.4 Å². The predicted molar refractivity (Wildman–Crippen MR) is 104 cm³/mol. The quantitative estimate of drug-likeness (QED) is 0.605. The van der Waals surface area contributed by atoms with E-state index >= 15 is 0 Å². The summed E-state index contributed by atoms with van der Waals surface area (Å²) in [6, 6.07) is 4.58. The molecule has 1 aliphatic carbocycles. The van der Waals surface area contributed by atoms with Gasteiger partial charge in [-0.3, -0.25) is 9.69 Å². The number of thiophene rings is 1. The number of carbonyl (C=O) groups excluding carboxylic acids is 1. The SMILES string of the molecule is CCN(CC)C(C1CCCCC1)C(Cc1cccs1)OC(C)=O.Cl. The molecule has 0 amide bonds. The lowest BCUT2D eigenvalue weighted by molar-refractivity contribution is -0.151. The van der Waals surface area contributed by atoms with E-state index in [4.69, 9.17) is 4.74 Å². The smallest absolute Gasteiger partial charge is 0.302 e. The van der Waals surface area contributed by atoms with Gasteiger partial charge in [-0.05, 0) is 43.3 Å². The molecule has 1 fully saturated rings. The molecule has 2 atom stereocenters. The van der Waals surface area contributed by atoms with Gasteiger partial charge in [0.05, 0.1) is 0 Å². The van der Waals surface area contributed by atoms with E-state index in [0.29, 0.717) is 12.0 Å². The fraction of sp³-hybridized carbons (Fsp3) is 0.737.